The van der Waals surface area contributed by atoms with E-state index in [0.717, 1.165) is 6.42 Å². The highest BCUT2D eigenvalue weighted by atomic mass is 16.2. The van der Waals surface area contributed by atoms with Gasteiger partial charge < -0.3 is 0 Å². The minimum Gasteiger partial charge on any atom is -0.273 e. The molecule has 15 heavy (non-hydrogen) atoms. The van der Waals surface area contributed by atoms with Crippen molar-refractivity contribution in [2.24, 2.45) is 16.9 Å². The van der Waals surface area contributed by atoms with E-state index in [1.165, 1.54) is 25.0 Å². The monoisotopic (exact) mass is 208 g/mol. The van der Waals surface area contributed by atoms with Crippen molar-refractivity contribution in [3.05, 3.63) is 0 Å². The lowest BCUT2D eigenvalue weighted by atomic mass is 9.79. The van der Waals surface area contributed by atoms with Crippen LogP contribution in [0.3, 0.4) is 0 Å². The molecule has 1 fully saturated rings. The molecule has 3 nitrogen and oxygen atoms in total. The zero-order chi connectivity index (χ0) is 11.0. The number of nitrogens with zero attached hydrogens (tertiary/aromatic N) is 2. The summed E-state index contributed by atoms with van der Waals surface area (Å²) in [6.07, 6.45) is 4.84. The van der Waals surface area contributed by atoms with Crippen LogP contribution in [-0.4, -0.2) is 22.7 Å². The van der Waals surface area contributed by atoms with Gasteiger partial charge in [-0.15, -0.1) is 0 Å². The number of hydrogen-bond acceptors (Lipinski definition) is 2. The van der Waals surface area contributed by atoms with Crippen LogP contribution in [0.25, 0.3) is 0 Å². The fraction of sp³-hybridized carbons (Fsp3) is 0.833. The number of hydrazone groups is 1. The van der Waals surface area contributed by atoms with Crippen LogP contribution >= 0.6 is 0 Å². The van der Waals surface area contributed by atoms with Gasteiger partial charge >= 0.3 is 0 Å². The maximum Gasteiger partial charge on any atom is 0.239 e. The number of hydrogen-bond donors (Lipinski definition) is 0. The van der Waals surface area contributed by atoms with Crippen LogP contribution in [0.4, 0.5) is 0 Å². The molecule has 1 aliphatic heterocycles. The van der Waals surface area contributed by atoms with E-state index < -0.39 is 0 Å². The first kappa shape index (κ1) is 10.7. The molecule has 2 rings (SSSR count). The Kier molecular flexibility index (Phi) is 2.81. The predicted molar refractivity (Wildman–Crippen MR) is 60.5 cm³/mol. The summed E-state index contributed by atoms with van der Waals surface area (Å²) in [5.41, 5.74) is 1.27. The van der Waals surface area contributed by atoms with Gasteiger partial charge in [-0.2, -0.15) is 5.10 Å². The zero-order valence-corrected chi connectivity index (χ0v) is 9.86. The Hall–Kier alpha value is -0.860. The molecule has 0 aromatic heterocycles. The number of carbonyl (C=O) groups is 1. The minimum absolute atomic E-state index is 0.0931. The second-order valence-electron chi connectivity index (χ2n) is 5.04. The molecular formula is C12H20N2O. The summed E-state index contributed by atoms with van der Waals surface area (Å²) in [6.45, 7) is 6.00. The fourth-order valence-electron chi connectivity index (χ4n) is 2.92. The Balaban J connectivity index is 2.24. The van der Waals surface area contributed by atoms with E-state index in [9.17, 15) is 4.79 Å². The lowest BCUT2D eigenvalue weighted by Gasteiger charge is -2.30. The van der Waals surface area contributed by atoms with Crippen molar-refractivity contribution in [2.75, 3.05) is 0 Å². The first-order valence-electron chi connectivity index (χ1n) is 5.98. The predicted octanol–water partition coefficient (Wildman–Crippen LogP) is 2.42. The standard InChI is InChI=1S/C12H20N2O/c1-8(2)12-10-6-4-5-7-11(10)13-14(12)9(3)15/h8,10,12H,4-7H2,1-3H3/t10-,12-/m0/s1. The lowest BCUT2D eigenvalue weighted by Crippen LogP contribution is -2.40. The van der Waals surface area contributed by atoms with Gasteiger partial charge in [-0.3, -0.25) is 4.79 Å². The Morgan fingerprint density at radius 3 is 2.80 bits per heavy atom. The van der Waals surface area contributed by atoms with E-state index in [2.05, 4.69) is 18.9 Å². The van der Waals surface area contributed by atoms with Crippen molar-refractivity contribution in [1.82, 2.24) is 5.01 Å². The SMILES string of the molecule is CC(=O)N1N=C2CCCC[C@@H]2[C@@H]1C(C)C. The third-order valence-corrected chi connectivity index (χ3v) is 3.56. The quantitative estimate of drug-likeness (QED) is 0.651. The molecule has 0 unspecified atom stereocenters. The van der Waals surface area contributed by atoms with E-state index in [4.69, 9.17) is 0 Å². The molecule has 0 radical (unpaired) electrons. The molecule has 2 aliphatic rings. The van der Waals surface area contributed by atoms with Crippen LogP contribution in [0.5, 0.6) is 0 Å². The van der Waals surface area contributed by atoms with E-state index in [1.807, 2.05) is 0 Å². The van der Waals surface area contributed by atoms with Gasteiger partial charge in [-0.25, -0.2) is 5.01 Å². The largest absolute Gasteiger partial charge is 0.273 e. The topological polar surface area (TPSA) is 32.7 Å². The Morgan fingerprint density at radius 1 is 1.47 bits per heavy atom. The number of carbonyl (C=O) groups excluding carboxylic acids is 1. The van der Waals surface area contributed by atoms with Crippen LogP contribution in [0.2, 0.25) is 0 Å². The molecule has 84 valence electrons. The smallest absolute Gasteiger partial charge is 0.239 e. The minimum atomic E-state index is 0.0931. The van der Waals surface area contributed by atoms with Gasteiger partial charge in [-0.1, -0.05) is 20.3 Å². The average molecular weight is 208 g/mol. The normalized spacial score (nSPS) is 30.4. The molecule has 0 saturated heterocycles. The van der Waals surface area contributed by atoms with Gasteiger partial charge in [0.15, 0.2) is 0 Å². The van der Waals surface area contributed by atoms with E-state index >= 15 is 0 Å². The van der Waals surface area contributed by atoms with Gasteiger partial charge in [0, 0.05) is 18.6 Å². The maximum absolute atomic E-state index is 11.5. The molecule has 0 aromatic carbocycles. The number of amides is 1. The molecule has 1 heterocycles. The Morgan fingerprint density at radius 2 is 2.20 bits per heavy atom. The van der Waals surface area contributed by atoms with Crippen LogP contribution in [0.15, 0.2) is 5.10 Å². The second-order valence-corrected chi connectivity index (χ2v) is 5.04. The summed E-state index contributed by atoms with van der Waals surface area (Å²) in [6, 6.07) is 0.317. The number of rotatable bonds is 1. The summed E-state index contributed by atoms with van der Waals surface area (Å²) >= 11 is 0. The van der Waals surface area contributed by atoms with Crippen molar-refractivity contribution in [1.29, 1.82) is 0 Å². The van der Waals surface area contributed by atoms with Gasteiger partial charge in [0.2, 0.25) is 5.91 Å². The van der Waals surface area contributed by atoms with Crippen LogP contribution in [-0.2, 0) is 4.79 Å². The second kappa shape index (κ2) is 3.95. The highest BCUT2D eigenvalue weighted by Crippen LogP contribution is 2.36. The van der Waals surface area contributed by atoms with Crippen molar-refractivity contribution in [3.63, 3.8) is 0 Å². The zero-order valence-electron chi connectivity index (χ0n) is 9.86. The molecule has 1 amide bonds. The van der Waals surface area contributed by atoms with Crippen LogP contribution < -0.4 is 0 Å². The van der Waals surface area contributed by atoms with Crippen LogP contribution in [0, 0.1) is 11.8 Å². The molecule has 0 spiro atoms. The van der Waals surface area contributed by atoms with Crippen molar-refractivity contribution < 1.29 is 4.79 Å². The first-order valence-corrected chi connectivity index (χ1v) is 5.98. The Labute approximate surface area is 91.5 Å². The molecule has 2 atom stereocenters. The molecule has 1 aliphatic carbocycles. The molecule has 0 N–H and O–H groups in total. The summed E-state index contributed by atoms with van der Waals surface area (Å²) in [5, 5.41) is 6.24. The highest BCUT2D eigenvalue weighted by molar-refractivity contribution is 5.92. The van der Waals surface area contributed by atoms with Gasteiger partial charge in [0.05, 0.1) is 6.04 Å². The maximum atomic E-state index is 11.5. The molecule has 0 bridgehead atoms. The summed E-state index contributed by atoms with van der Waals surface area (Å²) in [4.78, 5) is 11.5. The van der Waals surface area contributed by atoms with E-state index in [0.29, 0.717) is 17.9 Å². The van der Waals surface area contributed by atoms with Crippen molar-refractivity contribution in [2.45, 2.75) is 52.5 Å². The lowest BCUT2D eigenvalue weighted by molar-refractivity contribution is -0.132. The molecule has 0 aromatic rings. The summed E-state index contributed by atoms with van der Waals surface area (Å²) < 4.78 is 0. The molecule has 1 saturated carbocycles. The molecule has 3 heteroatoms. The van der Waals surface area contributed by atoms with Gasteiger partial charge in [-0.05, 0) is 25.2 Å². The van der Waals surface area contributed by atoms with Crippen molar-refractivity contribution in [3.8, 4) is 0 Å². The molecular weight excluding hydrogens is 188 g/mol. The van der Waals surface area contributed by atoms with E-state index in [-0.39, 0.29) is 5.91 Å². The Bertz CT molecular complexity index is 296. The average Bonchev–Trinajstić information content (AvgIpc) is 2.56. The van der Waals surface area contributed by atoms with Gasteiger partial charge in [0.25, 0.3) is 0 Å². The van der Waals surface area contributed by atoms with Gasteiger partial charge in [0.1, 0.15) is 0 Å². The summed E-state index contributed by atoms with van der Waals surface area (Å²) in [5.74, 6) is 1.14. The third kappa shape index (κ3) is 1.80. The fourth-order valence-corrected chi connectivity index (χ4v) is 2.92. The van der Waals surface area contributed by atoms with Crippen molar-refractivity contribution >= 4 is 11.6 Å². The third-order valence-electron chi connectivity index (χ3n) is 3.56. The summed E-state index contributed by atoms with van der Waals surface area (Å²) in [7, 11) is 0. The van der Waals surface area contributed by atoms with E-state index in [1.54, 1.807) is 11.9 Å². The first-order chi connectivity index (χ1) is 7.11. The van der Waals surface area contributed by atoms with Crippen LogP contribution in [0.1, 0.15) is 46.5 Å². The number of fused-ring (bicyclic) bond motifs is 1. The highest BCUT2D eigenvalue weighted by Gasteiger charge is 2.41.